The van der Waals surface area contributed by atoms with Crippen LogP contribution in [0, 0.1) is 0 Å². The minimum absolute atomic E-state index is 0.147. The van der Waals surface area contributed by atoms with Crippen LogP contribution in [0.5, 0.6) is 0 Å². The van der Waals surface area contributed by atoms with E-state index in [4.69, 9.17) is 24.8 Å². The molecule has 12 heteroatoms. The van der Waals surface area contributed by atoms with Gasteiger partial charge in [0.2, 0.25) is 0 Å². The zero-order valence-electron chi connectivity index (χ0n) is 31.0. The highest BCUT2D eigenvalue weighted by Gasteiger charge is 2.28. The molecule has 11 nitrogen and oxygen atoms in total. The topological polar surface area (TPSA) is 172 Å². The maximum atomic E-state index is 12.5. The van der Waals surface area contributed by atoms with Gasteiger partial charge in [-0.3, -0.25) is 23.4 Å². The average molecular weight is 730 g/mol. The molecule has 1 unspecified atom stereocenters. The van der Waals surface area contributed by atoms with Crippen LogP contribution >= 0.6 is 7.82 Å². The molecule has 0 aromatic heterocycles. The zero-order valence-corrected chi connectivity index (χ0v) is 31.9. The molecule has 0 amide bonds. The Kier molecular flexibility index (Phi) is 32.3. The Morgan fingerprint density at radius 3 is 1.64 bits per heavy atom. The summed E-state index contributed by atoms with van der Waals surface area (Å²) in [6.45, 7) is 2.68. The Morgan fingerprint density at radius 1 is 0.620 bits per heavy atom. The van der Waals surface area contributed by atoms with Gasteiger partial charge in [0.1, 0.15) is 12.6 Å². The number of carboxylic acids is 1. The molecule has 4 N–H and O–H groups in total. The van der Waals surface area contributed by atoms with Crippen molar-refractivity contribution < 1.29 is 47.5 Å². The minimum atomic E-state index is -4.71. The van der Waals surface area contributed by atoms with Gasteiger partial charge >= 0.3 is 25.7 Å². The number of carbonyl (C=O) groups is 3. The van der Waals surface area contributed by atoms with Gasteiger partial charge < -0.3 is 25.2 Å². The predicted octanol–water partition coefficient (Wildman–Crippen LogP) is 9.28. The molecule has 0 aromatic carbocycles. The number of nitrogens with two attached hydrogens (primary N) is 1. The molecule has 50 heavy (non-hydrogen) atoms. The van der Waals surface area contributed by atoms with Crippen LogP contribution in [0.2, 0.25) is 0 Å². The summed E-state index contributed by atoms with van der Waals surface area (Å²) in [4.78, 5) is 45.7. The number of rotatable bonds is 35. The van der Waals surface area contributed by atoms with Crippen molar-refractivity contribution in [1.82, 2.24) is 0 Å². The van der Waals surface area contributed by atoms with Gasteiger partial charge in [-0.15, -0.1) is 0 Å². The quantitative estimate of drug-likeness (QED) is 0.0246. The summed E-state index contributed by atoms with van der Waals surface area (Å²) in [5, 5.41) is 8.85. The van der Waals surface area contributed by atoms with Crippen molar-refractivity contribution in [3.63, 3.8) is 0 Å². The summed E-state index contributed by atoms with van der Waals surface area (Å²) in [7, 11) is -4.71. The molecule has 0 aromatic rings. The highest BCUT2D eigenvalue weighted by atomic mass is 31.2. The van der Waals surface area contributed by atoms with E-state index in [1.165, 1.54) is 32.1 Å². The third-order valence-corrected chi connectivity index (χ3v) is 8.81. The smallest absolute Gasteiger partial charge is 0.472 e. The van der Waals surface area contributed by atoms with Crippen LogP contribution in [0.15, 0.2) is 36.5 Å². The van der Waals surface area contributed by atoms with Crippen LogP contribution in [0.4, 0.5) is 0 Å². The van der Waals surface area contributed by atoms with E-state index in [1.807, 2.05) is 0 Å². The maximum absolute atomic E-state index is 12.5. The number of carboxylic acid groups (broad SMARTS) is 1. The van der Waals surface area contributed by atoms with Crippen LogP contribution in [-0.2, 0) is 37.5 Å². The van der Waals surface area contributed by atoms with Crippen LogP contribution < -0.4 is 5.73 Å². The Balaban J connectivity index is 4.47. The summed E-state index contributed by atoms with van der Waals surface area (Å²) >= 11 is 0. The Labute approximate surface area is 302 Å². The molecule has 0 radical (unpaired) electrons. The van der Waals surface area contributed by atoms with Crippen molar-refractivity contribution >= 4 is 25.7 Å². The lowest BCUT2D eigenvalue weighted by atomic mass is 10.1. The van der Waals surface area contributed by atoms with Crippen LogP contribution in [0.25, 0.3) is 0 Å². The number of carbonyl (C=O) groups excluding carboxylic acids is 2. The fourth-order valence-corrected chi connectivity index (χ4v) is 5.56. The van der Waals surface area contributed by atoms with Crippen molar-refractivity contribution in [3.05, 3.63) is 36.5 Å². The first kappa shape index (κ1) is 47.7. The molecule has 0 spiro atoms. The fraction of sp³-hybridized carbons (Fsp3) is 0.763. The van der Waals surface area contributed by atoms with E-state index >= 15 is 0 Å². The van der Waals surface area contributed by atoms with Crippen LogP contribution in [0.1, 0.15) is 155 Å². The number of hydrogen-bond acceptors (Lipinski definition) is 9. The van der Waals surface area contributed by atoms with Crippen molar-refractivity contribution in [2.24, 2.45) is 5.73 Å². The van der Waals surface area contributed by atoms with Gasteiger partial charge in [0.05, 0.1) is 13.2 Å². The van der Waals surface area contributed by atoms with E-state index in [0.29, 0.717) is 12.8 Å². The van der Waals surface area contributed by atoms with E-state index in [1.54, 1.807) is 0 Å². The Hall–Kier alpha value is -2.30. The van der Waals surface area contributed by atoms with Gasteiger partial charge in [-0.25, -0.2) is 4.57 Å². The molecule has 0 fully saturated rings. The molecule has 0 aliphatic carbocycles. The van der Waals surface area contributed by atoms with Gasteiger partial charge in [-0.1, -0.05) is 115 Å². The lowest BCUT2D eigenvalue weighted by Gasteiger charge is -2.20. The van der Waals surface area contributed by atoms with E-state index in [2.05, 4.69) is 54.8 Å². The van der Waals surface area contributed by atoms with Gasteiger partial charge in [0, 0.05) is 12.8 Å². The number of allylic oxidation sites excluding steroid dienone is 6. The number of unbranched alkanes of at least 4 members (excludes halogenated alkanes) is 15. The number of phosphoric ester groups is 1. The van der Waals surface area contributed by atoms with E-state index in [9.17, 15) is 23.8 Å². The minimum Gasteiger partial charge on any atom is -0.480 e. The number of aliphatic carboxylic acids is 1. The predicted molar refractivity (Wildman–Crippen MR) is 199 cm³/mol. The number of ether oxygens (including phenoxy) is 2. The largest absolute Gasteiger partial charge is 0.480 e. The number of hydrogen-bond donors (Lipinski definition) is 3. The number of phosphoric acid groups is 1. The summed E-state index contributed by atoms with van der Waals surface area (Å²) in [6, 6.07) is -1.52. The molecule has 0 heterocycles. The van der Waals surface area contributed by atoms with Gasteiger partial charge in [0.25, 0.3) is 0 Å². The summed E-state index contributed by atoms with van der Waals surface area (Å²) in [5.74, 6) is -2.41. The molecule has 290 valence electrons. The van der Waals surface area contributed by atoms with E-state index in [-0.39, 0.29) is 19.4 Å². The molecule has 0 rings (SSSR count). The molecular weight excluding hydrogens is 661 g/mol. The van der Waals surface area contributed by atoms with E-state index < -0.39 is 51.1 Å². The van der Waals surface area contributed by atoms with Gasteiger partial charge in [-0.2, -0.15) is 0 Å². The molecule has 0 saturated carbocycles. The Bertz CT molecular complexity index is 1000. The second-order valence-corrected chi connectivity index (χ2v) is 14.2. The zero-order chi connectivity index (χ0) is 37.1. The van der Waals surface area contributed by atoms with Crippen molar-refractivity contribution in [2.45, 2.75) is 167 Å². The first-order valence-corrected chi connectivity index (χ1v) is 20.5. The Morgan fingerprint density at radius 2 is 1.08 bits per heavy atom. The van der Waals surface area contributed by atoms with Crippen molar-refractivity contribution in [2.75, 3.05) is 19.8 Å². The average Bonchev–Trinajstić information content (AvgIpc) is 3.09. The molecule has 0 aliphatic heterocycles. The highest BCUT2D eigenvalue weighted by Crippen LogP contribution is 2.43. The standard InChI is InChI=1S/C38H68NO10P/c1-3-5-7-9-11-13-15-16-17-18-20-21-23-25-27-29-36(40)46-31-34(32-47-50(44,45)48-33-35(39)38(42)43)49-37(41)30-28-26-24-22-19-14-12-10-8-6-4-2/h10-13,16-17,34-35H,3-9,14-15,18-33,39H2,1-2H3,(H,42,43)(H,44,45)/t34-,35+/m1/s1. The molecule has 0 aliphatic rings. The summed E-state index contributed by atoms with van der Waals surface area (Å²) < 4.78 is 32.5. The SMILES string of the molecule is CCCCC=CCCCCCCCC(=O)O[C@H](COC(=O)CCCCCCCC=CCC=CCCCCC)COP(=O)(O)OC[C@H](N)C(=O)O. The van der Waals surface area contributed by atoms with Crippen LogP contribution in [0.3, 0.4) is 0 Å². The fourth-order valence-electron chi connectivity index (χ4n) is 4.78. The third kappa shape index (κ3) is 32.9. The molecular formula is C38H68NO10P. The lowest BCUT2D eigenvalue weighted by molar-refractivity contribution is -0.161. The summed E-state index contributed by atoms with van der Waals surface area (Å²) in [6.07, 6.45) is 33.6. The number of esters is 2. The lowest BCUT2D eigenvalue weighted by Crippen LogP contribution is -2.34. The molecule has 0 bridgehead atoms. The monoisotopic (exact) mass is 729 g/mol. The summed E-state index contributed by atoms with van der Waals surface area (Å²) in [5.41, 5.74) is 5.31. The van der Waals surface area contributed by atoms with Crippen molar-refractivity contribution in [3.8, 4) is 0 Å². The third-order valence-electron chi connectivity index (χ3n) is 7.86. The normalized spacial score (nSPS) is 14.3. The second-order valence-electron chi connectivity index (χ2n) is 12.7. The molecule has 3 atom stereocenters. The van der Waals surface area contributed by atoms with E-state index in [0.717, 1.165) is 83.5 Å². The van der Waals surface area contributed by atoms with Crippen LogP contribution in [-0.4, -0.2) is 59.9 Å². The van der Waals surface area contributed by atoms with Gasteiger partial charge in [-0.05, 0) is 64.2 Å². The highest BCUT2D eigenvalue weighted by molar-refractivity contribution is 7.47. The van der Waals surface area contributed by atoms with Gasteiger partial charge in [0.15, 0.2) is 6.10 Å². The first-order valence-electron chi connectivity index (χ1n) is 19.0. The van der Waals surface area contributed by atoms with Crippen molar-refractivity contribution in [1.29, 1.82) is 0 Å². The second kappa shape index (κ2) is 33.8. The first-order chi connectivity index (χ1) is 24.1. The maximum Gasteiger partial charge on any atom is 0.472 e. The molecule has 0 saturated heterocycles.